The Kier molecular flexibility index (Phi) is 5.93. The van der Waals surface area contributed by atoms with E-state index in [1.165, 1.54) is 18.5 Å². The number of hydrogen-bond donors (Lipinski definition) is 2. The summed E-state index contributed by atoms with van der Waals surface area (Å²) in [4.78, 5) is 28.4. The fourth-order valence-electron chi connectivity index (χ4n) is 1.96. The lowest BCUT2D eigenvalue weighted by Gasteiger charge is -2.09. The quantitative estimate of drug-likeness (QED) is 0.868. The maximum Gasteiger partial charge on any atom is 0.257 e. The van der Waals surface area contributed by atoms with E-state index >= 15 is 0 Å². The van der Waals surface area contributed by atoms with Gasteiger partial charge >= 0.3 is 0 Å². The molecule has 1 aromatic heterocycles. The highest BCUT2D eigenvalue weighted by Crippen LogP contribution is 2.20. The fourth-order valence-corrected chi connectivity index (χ4v) is 2.14. The summed E-state index contributed by atoms with van der Waals surface area (Å²) >= 11 is 6.05. The van der Waals surface area contributed by atoms with Gasteiger partial charge in [0.25, 0.3) is 11.8 Å². The number of amides is 2. The molecule has 2 aromatic rings. The Morgan fingerprint density at radius 2 is 1.79 bits per heavy atom. The predicted octanol–water partition coefficient (Wildman–Crippen LogP) is 3.68. The second-order valence-corrected chi connectivity index (χ2v) is 6.39. The standard InChI is InChI=1S/C18H20ClN3O2/c1-11(2)8-21-17(23)13-6-14(10-20-9-13)18(24)22-15-5-4-12(3)16(19)7-15/h4-7,9-11H,8H2,1-3H3,(H,21,23)(H,22,24). The number of aromatic nitrogens is 1. The van der Waals surface area contributed by atoms with Gasteiger partial charge < -0.3 is 10.6 Å². The molecule has 2 rings (SSSR count). The molecule has 0 radical (unpaired) electrons. The van der Waals surface area contributed by atoms with Crippen molar-refractivity contribution in [3.8, 4) is 0 Å². The van der Waals surface area contributed by atoms with Crippen molar-refractivity contribution in [2.24, 2.45) is 5.92 Å². The molecule has 2 N–H and O–H groups in total. The molecule has 6 heteroatoms. The molecule has 1 heterocycles. The average Bonchev–Trinajstić information content (AvgIpc) is 2.56. The van der Waals surface area contributed by atoms with Crippen molar-refractivity contribution < 1.29 is 9.59 Å². The maximum atomic E-state index is 12.3. The van der Waals surface area contributed by atoms with Crippen LogP contribution in [0.15, 0.2) is 36.7 Å². The topological polar surface area (TPSA) is 71.1 Å². The molecule has 2 amide bonds. The van der Waals surface area contributed by atoms with Gasteiger partial charge in [-0.3, -0.25) is 14.6 Å². The molecule has 0 aliphatic carbocycles. The van der Waals surface area contributed by atoms with E-state index in [2.05, 4.69) is 15.6 Å². The molecular formula is C18H20ClN3O2. The van der Waals surface area contributed by atoms with E-state index in [0.717, 1.165) is 5.56 Å². The number of benzene rings is 1. The highest BCUT2D eigenvalue weighted by Gasteiger charge is 2.12. The van der Waals surface area contributed by atoms with Crippen LogP contribution in [-0.2, 0) is 0 Å². The van der Waals surface area contributed by atoms with Crippen LogP contribution in [0.4, 0.5) is 5.69 Å². The summed E-state index contributed by atoms with van der Waals surface area (Å²) in [5.74, 6) is -0.246. The number of carbonyl (C=O) groups is 2. The van der Waals surface area contributed by atoms with E-state index in [9.17, 15) is 9.59 Å². The van der Waals surface area contributed by atoms with Gasteiger partial charge in [-0.05, 0) is 36.6 Å². The summed E-state index contributed by atoms with van der Waals surface area (Å²) < 4.78 is 0. The molecular weight excluding hydrogens is 326 g/mol. The first-order chi connectivity index (χ1) is 11.4. The Morgan fingerprint density at radius 3 is 2.42 bits per heavy atom. The molecule has 0 saturated heterocycles. The number of hydrogen-bond acceptors (Lipinski definition) is 3. The predicted molar refractivity (Wildman–Crippen MR) is 95.6 cm³/mol. The molecule has 0 fully saturated rings. The Morgan fingerprint density at radius 1 is 1.12 bits per heavy atom. The molecule has 0 aliphatic heterocycles. The molecule has 24 heavy (non-hydrogen) atoms. The second-order valence-electron chi connectivity index (χ2n) is 5.98. The summed E-state index contributed by atoms with van der Waals surface area (Å²) in [6.07, 6.45) is 2.86. The van der Waals surface area contributed by atoms with Gasteiger partial charge in [-0.1, -0.05) is 31.5 Å². The third-order valence-corrected chi connectivity index (χ3v) is 3.77. The lowest BCUT2D eigenvalue weighted by atomic mass is 10.1. The highest BCUT2D eigenvalue weighted by atomic mass is 35.5. The minimum Gasteiger partial charge on any atom is -0.352 e. The number of rotatable bonds is 5. The van der Waals surface area contributed by atoms with Gasteiger partial charge in [-0.2, -0.15) is 0 Å². The van der Waals surface area contributed by atoms with E-state index in [0.29, 0.717) is 34.3 Å². The number of nitrogens with zero attached hydrogens (tertiary/aromatic N) is 1. The largest absolute Gasteiger partial charge is 0.352 e. The maximum absolute atomic E-state index is 12.3. The van der Waals surface area contributed by atoms with Crippen LogP contribution in [0.1, 0.15) is 40.1 Å². The van der Waals surface area contributed by atoms with E-state index in [-0.39, 0.29) is 11.8 Å². The van der Waals surface area contributed by atoms with Crippen LogP contribution < -0.4 is 10.6 Å². The molecule has 1 aromatic carbocycles. The van der Waals surface area contributed by atoms with Crippen molar-refractivity contribution in [2.45, 2.75) is 20.8 Å². The summed E-state index contributed by atoms with van der Waals surface area (Å²) in [5, 5.41) is 6.12. The van der Waals surface area contributed by atoms with E-state index < -0.39 is 0 Å². The summed E-state index contributed by atoms with van der Waals surface area (Å²) in [6.45, 7) is 6.47. The Balaban J connectivity index is 2.11. The molecule has 126 valence electrons. The zero-order valence-electron chi connectivity index (χ0n) is 13.9. The van der Waals surface area contributed by atoms with Gasteiger partial charge in [0.1, 0.15) is 0 Å². The Hall–Kier alpha value is -2.40. The van der Waals surface area contributed by atoms with Gasteiger partial charge in [-0.15, -0.1) is 0 Å². The monoisotopic (exact) mass is 345 g/mol. The van der Waals surface area contributed by atoms with Gasteiger partial charge in [0.15, 0.2) is 0 Å². The number of halogens is 1. The number of carbonyl (C=O) groups excluding carboxylic acids is 2. The van der Waals surface area contributed by atoms with Gasteiger partial charge in [0.05, 0.1) is 11.1 Å². The van der Waals surface area contributed by atoms with Crippen LogP contribution >= 0.6 is 11.6 Å². The minimum atomic E-state index is -0.346. The van der Waals surface area contributed by atoms with Crippen molar-refractivity contribution in [1.29, 1.82) is 0 Å². The first kappa shape index (κ1) is 17.9. The third kappa shape index (κ3) is 4.80. The number of pyridine rings is 1. The SMILES string of the molecule is Cc1ccc(NC(=O)c2cncc(C(=O)NCC(C)C)c2)cc1Cl. The number of aryl methyl sites for hydroxylation is 1. The third-order valence-electron chi connectivity index (χ3n) is 3.36. The molecule has 0 saturated carbocycles. The van der Waals surface area contributed by atoms with Crippen LogP contribution in [0.2, 0.25) is 5.02 Å². The molecule has 0 aliphatic rings. The number of nitrogens with one attached hydrogen (secondary N) is 2. The van der Waals surface area contributed by atoms with E-state index in [1.807, 2.05) is 26.8 Å². The normalized spacial score (nSPS) is 10.5. The first-order valence-corrected chi connectivity index (χ1v) is 8.05. The first-order valence-electron chi connectivity index (χ1n) is 7.67. The van der Waals surface area contributed by atoms with Crippen LogP contribution in [0.3, 0.4) is 0 Å². The number of anilines is 1. The van der Waals surface area contributed by atoms with Crippen molar-refractivity contribution in [2.75, 3.05) is 11.9 Å². The average molecular weight is 346 g/mol. The van der Waals surface area contributed by atoms with E-state index in [1.54, 1.807) is 12.1 Å². The molecule has 0 bridgehead atoms. The van der Waals surface area contributed by atoms with Crippen LogP contribution in [0.25, 0.3) is 0 Å². The second kappa shape index (κ2) is 7.93. The van der Waals surface area contributed by atoms with Crippen molar-refractivity contribution in [3.05, 3.63) is 58.4 Å². The zero-order valence-corrected chi connectivity index (χ0v) is 14.6. The Labute approximate surface area is 146 Å². The molecule has 5 nitrogen and oxygen atoms in total. The molecule has 0 spiro atoms. The van der Waals surface area contributed by atoms with E-state index in [4.69, 9.17) is 11.6 Å². The minimum absolute atomic E-state index is 0.246. The van der Waals surface area contributed by atoms with Crippen molar-refractivity contribution in [1.82, 2.24) is 10.3 Å². The lowest BCUT2D eigenvalue weighted by molar-refractivity contribution is 0.0948. The molecule has 0 unspecified atom stereocenters. The highest BCUT2D eigenvalue weighted by molar-refractivity contribution is 6.31. The zero-order chi connectivity index (χ0) is 17.7. The van der Waals surface area contributed by atoms with Crippen LogP contribution in [0, 0.1) is 12.8 Å². The smallest absolute Gasteiger partial charge is 0.257 e. The summed E-state index contributed by atoms with van der Waals surface area (Å²) in [7, 11) is 0. The van der Waals surface area contributed by atoms with Gasteiger partial charge in [-0.25, -0.2) is 0 Å². The fraction of sp³-hybridized carbons (Fsp3) is 0.278. The molecule has 0 atom stereocenters. The lowest BCUT2D eigenvalue weighted by Crippen LogP contribution is -2.27. The van der Waals surface area contributed by atoms with Crippen LogP contribution in [-0.4, -0.2) is 23.3 Å². The van der Waals surface area contributed by atoms with Crippen molar-refractivity contribution >= 4 is 29.1 Å². The van der Waals surface area contributed by atoms with Gasteiger partial charge in [0.2, 0.25) is 0 Å². The van der Waals surface area contributed by atoms with Crippen LogP contribution in [0.5, 0.6) is 0 Å². The summed E-state index contributed by atoms with van der Waals surface area (Å²) in [5.41, 5.74) is 2.18. The van der Waals surface area contributed by atoms with Crippen molar-refractivity contribution in [3.63, 3.8) is 0 Å². The van der Waals surface area contributed by atoms with Gasteiger partial charge in [0, 0.05) is 29.6 Å². The summed E-state index contributed by atoms with van der Waals surface area (Å²) in [6, 6.07) is 6.80. The Bertz CT molecular complexity index is 760.